The van der Waals surface area contributed by atoms with Crippen LogP contribution >= 0.6 is 0 Å². The van der Waals surface area contributed by atoms with Gasteiger partial charge in [0.1, 0.15) is 11.3 Å². The number of carbonyl (C=O) groups is 2. The fraction of sp³-hybridized carbons (Fsp3) is 0.529. The number of carbonyl (C=O) groups excluding carboxylic acids is 2. The number of aromatic nitrogens is 3. The van der Waals surface area contributed by atoms with Crippen molar-refractivity contribution in [3.8, 4) is 5.88 Å². The molecular formula is C17H22N4O4. The van der Waals surface area contributed by atoms with Gasteiger partial charge in [-0.25, -0.2) is 0 Å². The van der Waals surface area contributed by atoms with Gasteiger partial charge in [-0.15, -0.1) is 0 Å². The van der Waals surface area contributed by atoms with E-state index in [4.69, 9.17) is 0 Å². The Balaban J connectivity index is 2.26. The molecule has 0 unspecified atom stereocenters. The van der Waals surface area contributed by atoms with Gasteiger partial charge in [-0.3, -0.25) is 19.0 Å². The molecule has 2 aromatic rings. The van der Waals surface area contributed by atoms with E-state index in [0.717, 1.165) is 17.4 Å². The molecular weight excluding hydrogens is 324 g/mol. The van der Waals surface area contributed by atoms with E-state index in [-0.39, 0.29) is 34.1 Å². The van der Waals surface area contributed by atoms with Crippen molar-refractivity contribution in [3.63, 3.8) is 0 Å². The van der Waals surface area contributed by atoms with Gasteiger partial charge in [0, 0.05) is 25.6 Å². The SMILES string of the molecule is CC(=O)c1cc2n(CC(C)(C)C)c(=O)c(C(=O)NC3CC3)c(O)n2n1. The van der Waals surface area contributed by atoms with Gasteiger partial charge in [-0.05, 0) is 18.3 Å². The first-order valence-corrected chi connectivity index (χ1v) is 8.26. The van der Waals surface area contributed by atoms with Gasteiger partial charge < -0.3 is 10.4 Å². The summed E-state index contributed by atoms with van der Waals surface area (Å²) in [4.78, 5) is 37.0. The highest BCUT2D eigenvalue weighted by Crippen LogP contribution is 2.24. The average Bonchev–Trinajstić information content (AvgIpc) is 3.16. The highest BCUT2D eigenvalue weighted by Gasteiger charge is 2.30. The number of fused-ring (bicyclic) bond motifs is 1. The van der Waals surface area contributed by atoms with E-state index in [1.165, 1.54) is 17.6 Å². The Bertz CT molecular complexity index is 929. The van der Waals surface area contributed by atoms with E-state index in [1.54, 1.807) is 0 Å². The molecule has 0 bridgehead atoms. The Kier molecular flexibility index (Phi) is 3.93. The van der Waals surface area contributed by atoms with Crippen LogP contribution in [0.2, 0.25) is 0 Å². The lowest BCUT2D eigenvalue weighted by atomic mass is 9.97. The van der Waals surface area contributed by atoms with Crippen molar-refractivity contribution < 1.29 is 14.7 Å². The molecule has 8 heteroatoms. The standard InChI is InChI=1S/C17H22N4O4/c1-9(22)11-7-12-20(8-17(2,3)4)15(24)13(16(25)21(12)19-11)14(23)18-10-5-6-10/h7,10,25H,5-6,8H2,1-4H3,(H,18,23). The van der Waals surface area contributed by atoms with Gasteiger partial charge >= 0.3 is 0 Å². The quantitative estimate of drug-likeness (QED) is 0.813. The number of amides is 1. The zero-order valence-electron chi connectivity index (χ0n) is 14.8. The van der Waals surface area contributed by atoms with E-state index in [1.807, 2.05) is 20.8 Å². The zero-order valence-corrected chi connectivity index (χ0v) is 14.8. The maximum Gasteiger partial charge on any atom is 0.270 e. The lowest BCUT2D eigenvalue weighted by Gasteiger charge is -2.21. The summed E-state index contributed by atoms with van der Waals surface area (Å²) < 4.78 is 2.48. The minimum absolute atomic E-state index is 0.0449. The third kappa shape index (κ3) is 3.29. The molecule has 0 radical (unpaired) electrons. The molecule has 1 aliphatic rings. The van der Waals surface area contributed by atoms with E-state index in [0.29, 0.717) is 6.54 Å². The first-order chi connectivity index (χ1) is 11.6. The van der Waals surface area contributed by atoms with Crippen LogP contribution in [0.15, 0.2) is 10.9 Å². The van der Waals surface area contributed by atoms with Crippen LogP contribution in [0.5, 0.6) is 5.88 Å². The Morgan fingerprint density at radius 1 is 1.36 bits per heavy atom. The van der Waals surface area contributed by atoms with Crippen molar-refractivity contribution in [3.05, 3.63) is 27.7 Å². The topological polar surface area (TPSA) is 106 Å². The smallest absolute Gasteiger partial charge is 0.270 e. The molecule has 25 heavy (non-hydrogen) atoms. The molecule has 0 spiro atoms. The van der Waals surface area contributed by atoms with Gasteiger partial charge in [0.25, 0.3) is 11.5 Å². The first-order valence-electron chi connectivity index (χ1n) is 8.26. The van der Waals surface area contributed by atoms with Crippen LogP contribution in [0.4, 0.5) is 0 Å². The minimum Gasteiger partial charge on any atom is -0.492 e. The largest absolute Gasteiger partial charge is 0.492 e. The number of hydrogen-bond acceptors (Lipinski definition) is 5. The Morgan fingerprint density at radius 3 is 2.52 bits per heavy atom. The van der Waals surface area contributed by atoms with E-state index >= 15 is 0 Å². The molecule has 0 aromatic carbocycles. The van der Waals surface area contributed by atoms with Crippen molar-refractivity contribution in [2.75, 3.05) is 0 Å². The van der Waals surface area contributed by atoms with Crippen LogP contribution < -0.4 is 10.9 Å². The fourth-order valence-corrected chi connectivity index (χ4v) is 2.64. The number of rotatable bonds is 4. The maximum absolute atomic E-state index is 12.9. The molecule has 2 N–H and O–H groups in total. The van der Waals surface area contributed by atoms with Gasteiger partial charge in [-0.1, -0.05) is 20.8 Å². The van der Waals surface area contributed by atoms with Gasteiger partial charge in [-0.2, -0.15) is 9.61 Å². The molecule has 8 nitrogen and oxygen atoms in total. The molecule has 1 fully saturated rings. The van der Waals surface area contributed by atoms with E-state index in [2.05, 4.69) is 10.4 Å². The van der Waals surface area contributed by atoms with Crippen molar-refractivity contribution >= 4 is 17.3 Å². The molecule has 0 aliphatic heterocycles. The van der Waals surface area contributed by atoms with E-state index < -0.39 is 17.3 Å². The van der Waals surface area contributed by atoms with Crippen molar-refractivity contribution in [1.29, 1.82) is 0 Å². The molecule has 1 amide bonds. The summed E-state index contributed by atoms with van der Waals surface area (Å²) in [6.07, 6.45) is 1.72. The molecule has 3 rings (SSSR count). The fourth-order valence-electron chi connectivity index (χ4n) is 2.64. The molecule has 0 atom stereocenters. The molecule has 1 aliphatic carbocycles. The third-order valence-electron chi connectivity index (χ3n) is 3.98. The summed E-state index contributed by atoms with van der Waals surface area (Å²) in [6.45, 7) is 7.52. The van der Waals surface area contributed by atoms with Crippen LogP contribution in [0.25, 0.3) is 5.65 Å². The third-order valence-corrected chi connectivity index (χ3v) is 3.98. The summed E-state index contributed by atoms with van der Waals surface area (Å²) in [5.41, 5.74) is -0.788. The Hall–Kier alpha value is -2.64. The Morgan fingerprint density at radius 2 is 2.00 bits per heavy atom. The number of nitrogens with zero attached hydrogens (tertiary/aromatic N) is 3. The number of nitrogens with one attached hydrogen (secondary N) is 1. The second kappa shape index (κ2) is 5.72. The van der Waals surface area contributed by atoms with Crippen molar-refractivity contribution in [2.24, 2.45) is 5.41 Å². The lowest BCUT2D eigenvalue weighted by molar-refractivity contribution is 0.0943. The summed E-state index contributed by atoms with van der Waals surface area (Å²) in [5, 5.41) is 17.2. The second-order valence-electron chi connectivity index (χ2n) is 7.75. The van der Waals surface area contributed by atoms with Crippen LogP contribution in [0.1, 0.15) is 61.4 Å². The minimum atomic E-state index is -0.616. The summed E-state index contributed by atoms with van der Waals surface area (Å²) in [5.74, 6) is -1.45. The highest BCUT2D eigenvalue weighted by molar-refractivity contribution is 5.97. The molecule has 0 saturated heterocycles. The summed E-state index contributed by atoms with van der Waals surface area (Å²) in [6, 6.07) is 1.50. The van der Waals surface area contributed by atoms with Gasteiger partial charge in [0.2, 0.25) is 5.88 Å². The van der Waals surface area contributed by atoms with Crippen LogP contribution in [0, 0.1) is 5.41 Å². The molecule has 1 saturated carbocycles. The monoisotopic (exact) mass is 346 g/mol. The predicted molar refractivity (Wildman–Crippen MR) is 91.1 cm³/mol. The van der Waals surface area contributed by atoms with Crippen LogP contribution in [-0.4, -0.2) is 37.0 Å². The van der Waals surface area contributed by atoms with Crippen LogP contribution in [0.3, 0.4) is 0 Å². The van der Waals surface area contributed by atoms with Gasteiger partial charge in [0.15, 0.2) is 11.3 Å². The zero-order chi connectivity index (χ0) is 18.5. The lowest BCUT2D eigenvalue weighted by Crippen LogP contribution is -2.37. The van der Waals surface area contributed by atoms with Crippen LogP contribution in [-0.2, 0) is 6.54 Å². The summed E-state index contributed by atoms with van der Waals surface area (Å²) in [7, 11) is 0. The molecule has 2 heterocycles. The van der Waals surface area contributed by atoms with Gasteiger partial charge in [0.05, 0.1) is 0 Å². The average molecular weight is 346 g/mol. The van der Waals surface area contributed by atoms with Crippen molar-refractivity contribution in [1.82, 2.24) is 19.5 Å². The number of hydrogen-bond donors (Lipinski definition) is 2. The van der Waals surface area contributed by atoms with E-state index in [9.17, 15) is 19.5 Å². The normalized spacial score (nSPS) is 14.7. The Labute approximate surface area is 144 Å². The highest BCUT2D eigenvalue weighted by atomic mass is 16.3. The number of Topliss-reactive ketones (excluding diaryl/α,β-unsaturated/α-hetero) is 1. The maximum atomic E-state index is 12.9. The number of ketones is 1. The molecule has 134 valence electrons. The summed E-state index contributed by atoms with van der Waals surface area (Å²) >= 11 is 0. The predicted octanol–water partition coefficient (Wildman–Crippen LogP) is 1.34. The first kappa shape index (κ1) is 17.2. The number of aromatic hydroxyl groups is 1. The van der Waals surface area contributed by atoms with Crippen molar-refractivity contribution in [2.45, 2.75) is 53.1 Å². The second-order valence-corrected chi connectivity index (χ2v) is 7.75. The molecule has 2 aromatic heterocycles.